The Balaban J connectivity index is 1.52. The molecular formula is C24H28Cl2N4O2. The Kier molecular flexibility index (Phi) is 6.54. The number of ether oxygens (including phenoxy) is 1. The minimum atomic E-state index is -0.501. The Hall–Kier alpha value is -2.44. The number of anilines is 1. The number of amides is 1. The lowest BCUT2D eigenvalue weighted by Gasteiger charge is -2.33. The van der Waals surface area contributed by atoms with Crippen molar-refractivity contribution in [2.24, 2.45) is 0 Å². The zero-order chi connectivity index (χ0) is 22.9. The minimum Gasteiger partial charge on any atom is -0.444 e. The molecule has 0 saturated carbocycles. The maximum Gasteiger partial charge on any atom is 0.407 e. The van der Waals surface area contributed by atoms with Crippen LogP contribution in [0.2, 0.25) is 10.0 Å². The smallest absolute Gasteiger partial charge is 0.407 e. The number of aromatic nitrogens is 2. The molecule has 0 spiro atoms. The van der Waals surface area contributed by atoms with Gasteiger partial charge >= 0.3 is 6.09 Å². The van der Waals surface area contributed by atoms with Gasteiger partial charge in [0.25, 0.3) is 0 Å². The molecule has 3 aromatic rings. The van der Waals surface area contributed by atoms with Crippen molar-refractivity contribution in [2.75, 3.05) is 18.0 Å². The first kappa shape index (κ1) is 22.7. The lowest BCUT2D eigenvalue weighted by atomic mass is 10.1. The zero-order valence-electron chi connectivity index (χ0n) is 18.6. The minimum absolute atomic E-state index is 0.0876. The van der Waals surface area contributed by atoms with E-state index < -0.39 is 5.60 Å². The molecule has 0 radical (unpaired) electrons. The fourth-order valence-electron chi connectivity index (χ4n) is 3.98. The number of hydrogen-bond donors (Lipinski definition) is 1. The average Bonchev–Trinajstić information content (AvgIpc) is 3.08. The van der Waals surface area contributed by atoms with E-state index in [4.69, 9.17) is 32.9 Å². The number of halogens is 2. The summed E-state index contributed by atoms with van der Waals surface area (Å²) in [4.78, 5) is 19.3. The average molecular weight is 475 g/mol. The van der Waals surface area contributed by atoms with E-state index in [1.54, 1.807) is 6.07 Å². The summed E-state index contributed by atoms with van der Waals surface area (Å²) < 4.78 is 7.60. The first-order chi connectivity index (χ1) is 15.2. The lowest BCUT2D eigenvalue weighted by Crippen LogP contribution is -2.46. The van der Waals surface area contributed by atoms with Gasteiger partial charge < -0.3 is 19.5 Å². The third-order valence-electron chi connectivity index (χ3n) is 5.48. The number of nitrogens with one attached hydrogen (secondary N) is 1. The molecule has 0 bridgehead atoms. The van der Waals surface area contributed by atoms with Gasteiger partial charge in [-0.05, 0) is 63.4 Å². The van der Waals surface area contributed by atoms with Crippen molar-refractivity contribution in [3.8, 4) is 0 Å². The quantitative estimate of drug-likeness (QED) is 0.512. The Bertz CT molecular complexity index is 1110. The van der Waals surface area contributed by atoms with Crippen LogP contribution in [-0.4, -0.2) is 40.4 Å². The van der Waals surface area contributed by atoms with E-state index in [1.807, 2.05) is 51.1 Å². The summed E-state index contributed by atoms with van der Waals surface area (Å²) in [7, 11) is 0. The van der Waals surface area contributed by atoms with Crippen LogP contribution in [0.25, 0.3) is 11.0 Å². The molecule has 2 aromatic carbocycles. The van der Waals surface area contributed by atoms with E-state index in [9.17, 15) is 4.79 Å². The van der Waals surface area contributed by atoms with Gasteiger partial charge in [-0.15, -0.1) is 0 Å². The summed E-state index contributed by atoms with van der Waals surface area (Å²) in [5.74, 6) is 0.910. The number of imidazole rings is 1. The molecule has 1 aromatic heterocycles. The van der Waals surface area contributed by atoms with Crippen LogP contribution in [0.4, 0.5) is 10.7 Å². The van der Waals surface area contributed by atoms with Crippen molar-refractivity contribution in [2.45, 2.75) is 51.8 Å². The monoisotopic (exact) mass is 474 g/mol. The Labute approximate surface area is 198 Å². The topological polar surface area (TPSA) is 59.4 Å². The summed E-state index contributed by atoms with van der Waals surface area (Å²) in [6.45, 7) is 7.78. The second-order valence-electron chi connectivity index (χ2n) is 9.13. The van der Waals surface area contributed by atoms with Gasteiger partial charge in [-0.1, -0.05) is 41.4 Å². The van der Waals surface area contributed by atoms with Gasteiger partial charge in [-0.3, -0.25) is 0 Å². The molecule has 0 unspecified atom stereocenters. The molecule has 1 N–H and O–H groups in total. The zero-order valence-corrected chi connectivity index (χ0v) is 20.1. The van der Waals surface area contributed by atoms with Gasteiger partial charge in [0.05, 0.1) is 17.6 Å². The SMILES string of the molecule is CC(C)(C)OC(=O)NC1CCN(c2nc3ccccc3n2Cc2ccc(Cl)cc2Cl)CC1. The highest BCUT2D eigenvalue weighted by molar-refractivity contribution is 6.35. The Morgan fingerprint density at radius 1 is 1.16 bits per heavy atom. The largest absolute Gasteiger partial charge is 0.444 e. The number of hydrogen-bond acceptors (Lipinski definition) is 4. The molecule has 32 heavy (non-hydrogen) atoms. The van der Waals surface area contributed by atoms with Crippen LogP contribution < -0.4 is 10.2 Å². The molecule has 6 nitrogen and oxygen atoms in total. The van der Waals surface area contributed by atoms with E-state index >= 15 is 0 Å². The highest BCUT2D eigenvalue weighted by atomic mass is 35.5. The highest BCUT2D eigenvalue weighted by Crippen LogP contribution is 2.29. The lowest BCUT2D eigenvalue weighted by molar-refractivity contribution is 0.0497. The standard InChI is InChI=1S/C24H28Cl2N4O2/c1-24(2,3)32-23(31)27-18-10-12-29(13-11-18)22-28-20-6-4-5-7-21(20)30(22)15-16-8-9-17(25)14-19(16)26/h4-9,14,18H,10-13,15H2,1-3H3,(H,27,31). The van der Waals surface area contributed by atoms with Gasteiger partial charge in [0, 0.05) is 29.2 Å². The van der Waals surface area contributed by atoms with Crippen LogP contribution in [0.15, 0.2) is 42.5 Å². The molecule has 0 atom stereocenters. The Morgan fingerprint density at radius 2 is 1.88 bits per heavy atom. The van der Waals surface area contributed by atoms with Crippen LogP contribution >= 0.6 is 23.2 Å². The predicted octanol–water partition coefficient (Wildman–Crippen LogP) is 5.88. The van der Waals surface area contributed by atoms with Crippen molar-refractivity contribution in [1.29, 1.82) is 0 Å². The second kappa shape index (κ2) is 9.20. The molecule has 1 saturated heterocycles. The highest BCUT2D eigenvalue weighted by Gasteiger charge is 2.26. The number of carbonyl (C=O) groups excluding carboxylic acids is 1. The Morgan fingerprint density at radius 3 is 2.56 bits per heavy atom. The molecule has 0 aliphatic carbocycles. The number of fused-ring (bicyclic) bond motifs is 1. The van der Waals surface area contributed by atoms with Crippen LogP contribution in [0, 0.1) is 0 Å². The number of rotatable bonds is 4. The van der Waals surface area contributed by atoms with Crippen molar-refractivity contribution in [3.05, 3.63) is 58.1 Å². The first-order valence-corrected chi connectivity index (χ1v) is 11.6. The normalized spacial score (nSPS) is 15.2. The summed E-state index contributed by atoms with van der Waals surface area (Å²) in [5.41, 5.74) is 2.49. The van der Waals surface area contributed by atoms with E-state index in [0.29, 0.717) is 16.6 Å². The fourth-order valence-corrected chi connectivity index (χ4v) is 4.45. The van der Waals surface area contributed by atoms with Crippen molar-refractivity contribution < 1.29 is 9.53 Å². The molecule has 8 heteroatoms. The van der Waals surface area contributed by atoms with Gasteiger partial charge in [-0.2, -0.15) is 0 Å². The molecule has 1 aliphatic rings. The predicted molar refractivity (Wildman–Crippen MR) is 130 cm³/mol. The van der Waals surface area contributed by atoms with Crippen LogP contribution in [0.3, 0.4) is 0 Å². The third kappa shape index (κ3) is 5.30. The number of nitrogens with zero attached hydrogens (tertiary/aromatic N) is 3. The molecule has 1 amide bonds. The summed E-state index contributed by atoms with van der Waals surface area (Å²) in [6, 6.07) is 13.8. The summed E-state index contributed by atoms with van der Waals surface area (Å²) >= 11 is 12.5. The van der Waals surface area contributed by atoms with Gasteiger partial charge in [0.1, 0.15) is 5.60 Å². The van der Waals surface area contributed by atoms with Gasteiger partial charge in [0.15, 0.2) is 0 Å². The number of piperidine rings is 1. The molecular weight excluding hydrogens is 447 g/mol. The number of para-hydroxylation sites is 2. The van der Waals surface area contributed by atoms with Crippen LogP contribution in [0.1, 0.15) is 39.2 Å². The first-order valence-electron chi connectivity index (χ1n) is 10.8. The van der Waals surface area contributed by atoms with Crippen LogP contribution in [0.5, 0.6) is 0 Å². The molecule has 1 aliphatic heterocycles. The van der Waals surface area contributed by atoms with Crippen molar-refractivity contribution >= 4 is 46.3 Å². The van der Waals surface area contributed by atoms with Crippen molar-refractivity contribution in [1.82, 2.24) is 14.9 Å². The molecule has 1 fully saturated rings. The number of carbonyl (C=O) groups is 1. The second-order valence-corrected chi connectivity index (χ2v) is 9.97. The number of benzene rings is 2. The van der Waals surface area contributed by atoms with E-state index in [-0.39, 0.29) is 12.1 Å². The summed E-state index contributed by atoms with van der Waals surface area (Å²) in [5, 5.41) is 4.26. The number of alkyl carbamates (subject to hydrolysis) is 1. The molecule has 4 rings (SSSR count). The van der Waals surface area contributed by atoms with E-state index in [2.05, 4.69) is 20.9 Å². The molecule has 2 heterocycles. The third-order valence-corrected chi connectivity index (χ3v) is 6.06. The molecule has 170 valence electrons. The van der Waals surface area contributed by atoms with Gasteiger partial charge in [0.2, 0.25) is 5.95 Å². The van der Waals surface area contributed by atoms with Gasteiger partial charge in [-0.25, -0.2) is 9.78 Å². The summed E-state index contributed by atoms with van der Waals surface area (Å²) in [6.07, 6.45) is 1.29. The van der Waals surface area contributed by atoms with Crippen LogP contribution in [-0.2, 0) is 11.3 Å². The van der Waals surface area contributed by atoms with E-state index in [1.165, 1.54) is 0 Å². The maximum atomic E-state index is 12.1. The van der Waals surface area contributed by atoms with E-state index in [0.717, 1.165) is 48.5 Å². The van der Waals surface area contributed by atoms with Crippen molar-refractivity contribution in [3.63, 3.8) is 0 Å². The maximum absolute atomic E-state index is 12.1. The fraction of sp³-hybridized carbons (Fsp3) is 0.417.